The molecule has 6 atom stereocenters. The standard InChI is InChI=1S/C40H58N2O4S2/c1-5-41(6-2)37(29-33(31-19-11-9-12-20-31)35-23-15-17-27-47-35)45-39(43)25-26-40(44)46-38(42(7-3)8-4)30-34(32-21-13-10-14-22-32)36-24-16-18-28-48-36/h9-14,19-22,25-26,33-38H,5-8,15-18,23-24,27-30H2,1-4H3/b26-25+. The Kier molecular flexibility index (Phi) is 16.9. The Hall–Kier alpha value is -2.26. The van der Waals surface area contributed by atoms with E-state index in [9.17, 15) is 9.59 Å². The fraction of sp³-hybridized carbons (Fsp3) is 0.600. The monoisotopic (exact) mass is 694 g/mol. The highest BCUT2D eigenvalue weighted by molar-refractivity contribution is 8.00. The molecule has 0 bridgehead atoms. The quantitative estimate of drug-likeness (QED) is 0.0872. The highest BCUT2D eigenvalue weighted by atomic mass is 32.2. The molecule has 48 heavy (non-hydrogen) atoms. The lowest BCUT2D eigenvalue weighted by molar-refractivity contribution is -0.157. The highest BCUT2D eigenvalue weighted by Crippen LogP contribution is 2.41. The Bertz CT molecular complexity index is 1130. The Labute approximate surface area is 298 Å². The van der Waals surface area contributed by atoms with Gasteiger partial charge in [0.2, 0.25) is 0 Å². The van der Waals surface area contributed by atoms with E-state index in [0.717, 1.165) is 39.0 Å². The molecule has 2 saturated heterocycles. The number of esters is 2. The highest BCUT2D eigenvalue weighted by Gasteiger charge is 2.33. The molecule has 2 aromatic carbocycles. The van der Waals surface area contributed by atoms with Crippen LogP contribution in [0.1, 0.15) is 102 Å². The lowest BCUT2D eigenvalue weighted by Gasteiger charge is -2.36. The predicted molar refractivity (Wildman–Crippen MR) is 203 cm³/mol. The van der Waals surface area contributed by atoms with Gasteiger partial charge >= 0.3 is 11.9 Å². The van der Waals surface area contributed by atoms with E-state index in [1.807, 2.05) is 0 Å². The second-order valence-corrected chi connectivity index (χ2v) is 15.6. The van der Waals surface area contributed by atoms with Gasteiger partial charge < -0.3 is 9.47 Å². The molecule has 0 saturated carbocycles. The molecule has 0 radical (unpaired) electrons. The van der Waals surface area contributed by atoms with Crippen molar-refractivity contribution in [2.45, 2.75) is 114 Å². The molecule has 0 aromatic heterocycles. The maximum Gasteiger partial charge on any atom is 0.332 e. The molecule has 2 heterocycles. The predicted octanol–water partition coefficient (Wildman–Crippen LogP) is 8.88. The van der Waals surface area contributed by atoms with Crippen LogP contribution in [0.3, 0.4) is 0 Å². The molecule has 4 rings (SSSR count). The summed E-state index contributed by atoms with van der Waals surface area (Å²) in [7, 11) is 0. The molecule has 8 heteroatoms. The van der Waals surface area contributed by atoms with Crippen molar-refractivity contribution >= 4 is 35.5 Å². The number of benzene rings is 2. The second kappa shape index (κ2) is 21.1. The molecule has 2 fully saturated rings. The Morgan fingerprint density at radius 3 is 1.33 bits per heavy atom. The molecule has 264 valence electrons. The van der Waals surface area contributed by atoms with Gasteiger partial charge in [0.05, 0.1) is 0 Å². The normalized spacial score (nSPS) is 21.1. The number of ether oxygens (including phenoxy) is 2. The summed E-state index contributed by atoms with van der Waals surface area (Å²) in [5.41, 5.74) is 2.60. The first-order valence-electron chi connectivity index (χ1n) is 18.4. The van der Waals surface area contributed by atoms with Crippen molar-refractivity contribution in [2.75, 3.05) is 37.7 Å². The molecule has 0 N–H and O–H groups in total. The maximum atomic E-state index is 13.3. The van der Waals surface area contributed by atoms with Crippen LogP contribution in [0.25, 0.3) is 0 Å². The summed E-state index contributed by atoms with van der Waals surface area (Å²) in [6.07, 6.45) is 10.5. The fourth-order valence-corrected chi connectivity index (χ4v) is 10.3. The number of rotatable bonds is 18. The third-order valence-corrected chi connectivity index (χ3v) is 13.0. The number of nitrogens with zero attached hydrogens (tertiary/aromatic N) is 2. The van der Waals surface area contributed by atoms with E-state index in [0.29, 0.717) is 10.5 Å². The first kappa shape index (κ1) is 38.5. The van der Waals surface area contributed by atoms with Gasteiger partial charge in [0.1, 0.15) is 0 Å². The van der Waals surface area contributed by atoms with Gasteiger partial charge in [-0.2, -0.15) is 23.5 Å². The van der Waals surface area contributed by atoms with Crippen molar-refractivity contribution in [1.82, 2.24) is 9.80 Å². The molecular weight excluding hydrogens is 637 g/mol. The maximum absolute atomic E-state index is 13.3. The summed E-state index contributed by atoms with van der Waals surface area (Å²) in [5.74, 6) is 1.89. The summed E-state index contributed by atoms with van der Waals surface area (Å²) >= 11 is 4.10. The van der Waals surface area contributed by atoms with Crippen LogP contribution in [-0.2, 0) is 19.1 Å². The Morgan fingerprint density at radius 1 is 0.646 bits per heavy atom. The lowest BCUT2D eigenvalue weighted by atomic mass is 9.88. The van der Waals surface area contributed by atoms with Crippen LogP contribution in [0.15, 0.2) is 72.8 Å². The van der Waals surface area contributed by atoms with Crippen molar-refractivity contribution in [3.8, 4) is 0 Å². The van der Waals surface area contributed by atoms with Crippen LogP contribution in [0.4, 0.5) is 0 Å². The number of carbonyl (C=O) groups excluding carboxylic acids is 2. The third kappa shape index (κ3) is 11.7. The molecule has 0 aliphatic carbocycles. The van der Waals surface area contributed by atoms with Crippen LogP contribution in [0.2, 0.25) is 0 Å². The average molecular weight is 695 g/mol. The van der Waals surface area contributed by atoms with Crippen LogP contribution < -0.4 is 0 Å². The minimum Gasteiger partial charge on any atom is -0.443 e. The third-order valence-electron chi connectivity index (χ3n) is 9.99. The summed E-state index contributed by atoms with van der Waals surface area (Å²) in [5, 5.41) is 0.985. The molecule has 6 unspecified atom stereocenters. The van der Waals surface area contributed by atoms with Gasteiger partial charge in [-0.1, -0.05) is 101 Å². The van der Waals surface area contributed by atoms with Crippen LogP contribution >= 0.6 is 23.5 Å². The summed E-state index contributed by atoms with van der Waals surface area (Å²) < 4.78 is 12.3. The molecule has 0 spiro atoms. The number of hydrogen-bond acceptors (Lipinski definition) is 8. The second-order valence-electron chi connectivity index (χ2n) is 12.9. The molecule has 0 amide bonds. The van der Waals surface area contributed by atoms with Crippen molar-refractivity contribution in [1.29, 1.82) is 0 Å². The topological polar surface area (TPSA) is 59.1 Å². The van der Waals surface area contributed by atoms with Crippen molar-refractivity contribution in [3.05, 3.63) is 83.9 Å². The molecule has 2 aliphatic heterocycles. The zero-order chi connectivity index (χ0) is 34.1. The largest absolute Gasteiger partial charge is 0.443 e. The zero-order valence-corrected chi connectivity index (χ0v) is 31.3. The molecular formula is C40H58N2O4S2. The van der Waals surface area contributed by atoms with E-state index >= 15 is 0 Å². The summed E-state index contributed by atoms with van der Waals surface area (Å²) in [6, 6.07) is 21.3. The number of thioether (sulfide) groups is 2. The summed E-state index contributed by atoms with van der Waals surface area (Å²) in [6.45, 7) is 11.5. The minimum absolute atomic E-state index is 0.276. The van der Waals surface area contributed by atoms with Crippen molar-refractivity contribution < 1.29 is 19.1 Å². The van der Waals surface area contributed by atoms with Crippen LogP contribution in [0, 0.1) is 0 Å². The molecule has 6 nitrogen and oxygen atoms in total. The minimum atomic E-state index is -0.507. The van der Waals surface area contributed by atoms with Crippen molar-refractivity contribution in [3.63, 3.8) is 0 Å². The van der Waals surface area contributed by atoms with E-state index in [1.165, 1.54) is 73.3 Å². The van der Waals surface area contributed by atoms with Crippen LogP contribution in [0.5, 0.6) is 0 Å². The SMILES string of the molecule is CCN(CC)C(CC(c1ccccc1)C1CCCCS1)OC(=O)/C=C/C(=O)OC(CC(c1ccccc1)C1CCCCS1)N(CC)CC. The van der Waals surface area contributed by atoms with E-state index in [2.05, 4.69) is 122 Å². The van der Waals surface area contributed by atoms with E-state index in [4.69, 9.17) is 9.47 Å². The van der Waals surface area contributed by atoms with Crippen molar-refractivity contribution in [2.24, 2.45) is 0 Å². The van der Waals surface area contributed by atoms with Gasteiger partial charge in [-0.3, -0.25) is 9.80 Å². The first-order chi connectivity index (χ1) is 23.5. The van der Waals surface area contributed by atoms with Gasteiger partial charge in [0.25, 0.3) is 0 Å². The van der Waals surface area contributed by atoms with Gasteiger partial charge in [-0.05, 0) is 74.5 Å². The first-order valence-corrected chi connectivity index (χ1v) is 20.5. The Balaban J connectivity index is 1.46. The van der Waals surface area contributed by atoms with E-state index in [1.54, 1.807) is 0 Å². The Morgan fingerprint density at radius 2 is 1.02 bits per heavy atom. The summed E-state index contributed by atoms with van der Waals surface area (Å²) in [4.78, 5) is 31.1. The van der Waals surface area contributed by atoms with E-state index in [-0.39, 0.29) is 24.3 Å². The fourth-order valence-electron chi connectivity index (χ4n) is 7.29. The average Bonchev–Trinajstić information content (AvgIpc) is 3.14. The van der Waals surface area contributed by atoms with Gasteiger partial charge in [-0.15, -0.1) is 0 Å². The lowest BCUT2D eigenvalue weighted by Crippen LogP contribution is -2.41. The van der Waals surface area contributed by atoms with Gasteiger partial charge in [0, 0.05) is 47.3 Å². The zero-order valence-electron chi connectivity index (χ0n) is 29.6. The van der Waals surface area contributed by atoms with Crippen LogP contribution in [-0.4, -0.2) is 82.4 Å². The molecule has 2 aliphatic rings. The molecule has 2 aromatic rings. The number of carbonyl (C=O) groups is 2. The van der Waals surface area contributed by atoms with Gasteiger partial charge in [0.15, 0.2) is 12.5 Å². The number of hydrogen-bond donors (Lipinski definition) is 0. The smallest absolute Gasteiger partial charge is 0.332 e. The van der Waals surface area contributed by atoms with Gasteiger partial charge in [-0.25, -0.2) is 9.59 Å². The van der Waals surface area contributed by atoms with E-state index < -0.39 is 11.9 Å².